The van der Waals surface area contributed by atoms with Crippen molar-refractivity contribution >= 4 is 11.9 Å². The van der Waals surface area contributed by atoms with Crippen molar-refractivity contribution in [2.45, 2.75) is 45.6 Å². The van der Waals surface area contributed by atoms with Gasteiger partial charge in [0.2, 0.25) is 5.91 Å². The lowest BCUT2D eigenvalue weighted by Gasteiger charge is -2.38. The van der Waals surface area contributed by atoms with Crippen molar-refractivity contribution < 1.29 is 14.3 Å². The van der Waals surface area contributed by atoms with Crippen LogP contribution in [0.2, 0.25) is 0 Å². The summed E-state index contributed by atoms with van der Waals surface area (Å²) in [6, 6.07) is 16.7. The van der Waals surface area contributed by atoms with Crippen molar-refractivity contribution in [2.75, 3.05) is 13.2 Å². The molecule has 4 heteroatoms. The zero-order chi connectivity index (χ0) is 20.4. The normalized spacial score (nSPS) is 23.3. The second kappa shape index (κ2) is 8.40. The lowest BCUT2D eigenvalue weighted by atomic mass is 9.77. The summed E-state index contributed by atoms with van der Waals surface area (Å²) in [6.45, 7) is 5.68. The molecule has 4 nitrogen and oxygen atoms in total. The van der Waals surface area contributed by atoms with Gasteiger partial charge in [-0.2, -0.15) is 0 Å². The number of rotatable bonds is 5. The Kier molecular flexibility index (Phi) is 5.70. The van der Waals surface area contributed by atoms with Gasteiger partial charge in [0.1, 0.15) is 0 Å². The Labute approximate surface area is 172 Å². The summed E-state index contributed by atoms with van der Waals surface area (Å²) in [6.07, 6.45) is 2.08. The molecule has 2 aromatic rings. The lowest BCUT2D eigenvalue weighted by molar-refractivity contribution is -0.146. The molecule has 2 aromatic carbocycles. The van der Waals surface area contributed by atoms with Crippen LogP contribution in [0, 0.1) is 18.8 Å². The second-order valence-corrected chi connectivity index (χ2v) is 8.43. The third-order valence-corrected chi connectivity index (χ3v) is 6.30. The minimum Gasteiger partial charge on any atom is -0.466 e. The number of ether oxygens (including phenoxy) is 1. The minimum absolute atomic E-state index is 0.111. The van der Waals surface area contributed by atoms with Crippen LogP contribution in [0.25, 0.3) is 0 Å². The monoisotopic (exact) mass is 391 g/mol. The van der Waals surface area contributed by atoms with Crippen molar-refractivity contribution in [1.29, 1.82) is 0 Å². The number of piperidine rings is 1. The number of carbonyl (C=O) groups is 2. The Morgan fingerprint density at radius 1 is 1.17 bits per heavy atom. The Hall–Kier alpha value is -2.62. The van der Waals surface area contributed by atoms with Gasteiger partial charge in [-0.15, -0.1) is 0 Å². The quantitative estimate of drug-likeness (QED) is 0.716. The first-order valence-electron chi connectivity index (χ1n) is 10.6. The highest BCUT2D eigenvalue weighted by Gasteiger charge is 2.43. The molecule has 0 spiro atoms. The summed E-state index contributed by atoms with van der Waals surface area (Å²) < 4.78 is 5.26. The topological polar surface area (TPSA) is 46.6 Å². The molecule has 2 aliphatic rings. The molecule has 0 radical (unpaired) electrons. The van der Waals surface area contributed by atoms with E-state index < -0.39 is 0 Å². The summed E-state index contributed by atoms with van der Waals surface area (Å²) >= 11 is 0. The molecular formula is C25H29NO3. The molecule has 1 heterocycles. The summed E-state index contributed by atoms with van der Waals surface area (Å²) in [5, 5.41) is 0. The maximum absolute atomic E-state index is 13.5. The molecule has 1 fully saturated rings. The fourth-order valence-corrected chi connectivity index (χ4v) is 5.03. The van der Waals surface area contributed by atoms with Gasteiger partial charge in [0, 0.05) is 24.9 Å². The van der Waals surface area contributed by atoms with Gasteiger partial charge in [-0.25, -0.2) is 0 Å². The molecule has 1 aliphatic heterocycles. The average molecular weight is 392 g/mol. The van der Waals surface area contributed by atoms with Crippen LogP contribution in [0.4, 0.5) is 0 Å². The van der Waals surface area contributed by atoms with E-state index >= 15 is 0 Å². The molecule has 3 atom stereocenters. The van der Waals surface area contributed by atoms with E-state index in [9.17, 15) is 9.59 Å². The predicted octanol–water partition coefficient (Wildman–Crippen LogP) is 4.25. The zero-order valence-electron chi connectivity index (χ0n) is 17.3. The number of likely N-dealkylation sites (tertiary alicyclic amines) is 1. The number of esters is 1. The van der Waals surface area contributed by atoms with Gasteiger partial charge in [0.25, 0.3) is 0 Å². The smallest absolute Gasteiger partial charge is 0.306 e. The van der Waals surface area contributed by atoms with Crippen molar-refractivity contribution in [3.05, 3.63) is 70.8 Å². The number of nitrogens with zero attached hydrogens (tertiary/aromatic N) is 1. The van der Waals surface area contributed by atoms with Gasteiger partial charge in [0.15, 0.2) is 0 Å². The Morgan fingerprint density at radius 3 is 2.72 bits per heavy atom. The fourth-order valence-electron chi connectivity index (χ4n) is 5.03. The number of fused-ring (bicyclic) bond motifs is 3. The molecule has 0 unspecified atom stereocenters. The van der Waals surface area contributed by atoms with Gasteiger partial charge >= 0.3 is 5.97 Å². The van der Waals surface area contributed by atoms with E-state index in [1.54, 1.807) is 0 Å². The Balaban J connectivity index is 1.67. The molecule has 4 rings (SSSR count). The molecule has 0 N–H and O–H groups in total. The van der Waals surface area contributed by atoms with Crippen LogP contribution in [-0.4, -0.2) is 29.9 Å². The number of amides is 1. The highest BCUT2D eigenvalue weighted by Crippen LogP contribution is 2.43. The van der Waals surface area contributed by atoms with Gasteiger partial charge in [-0.3, -0.25) is 9.59 Å². The van der Waals surface area contributed by atoms with E-state index in [2.05, 4.69) is 37.3 Å². The SMILES string of the molecule is CCOC(=O)C[C@@H]1c2cc(C)ccc2C[C@@H]2C[C@H]1C(=O)N(Cc1ccccc1)C2. The van der Waals surface area contributed by atoms with E-state index in [0.717, 1.165) is 24.9 Å². The number of benzene rings is 2. The van der Waals surface area contributed by atoms with Gasteiger partial charge in [0.05, 0.1) is 13.0 Å². The van der Waals surface area contributed by atoms with E-state index in [0.29, 0.717) is 19.1 Å². The molecule has 152 valence electrons. The van der Waals surface area contributed by atoms with E-state index in [4.69, 9.17) is 4.74 Å². The fraction of sp³-hybridized carbons (Fsp3) is 0.440. The molecule has 0 saturated carbocycles. The number of carbonyl (C=O) groups excluding carboxylic acids is 2. The van der Waals surface area contributed by atoms with Crippen LogP contribution in [-0.2, 0) is 27.3 Å². The Morgan fingerprint density at radius 2 is 1.97 bits per heavy atom. The van der Waals surface area contributed by atoms with Gasteiger partial charge < -0.3 is 9.64 Å². The van der Waals surface area contributed by atoms with Crippen LogP contribution in [0.5, 0.6) is 0 Å². The van der Waals surface area contributed by atoms with Crippen molar-refractivity contribution in [3.8, 4) is 0 Å². The van der Waals surface area contributed by atoms with E-state index in [-0.39, 0.29) is 30.1 Å². The van der Waals surface area contributed by atoms with Crippen LogP contribution < -0.4 is 0 Å². The van der Waals surface area contributed by atoms with Crippen LogP contribution in [0.3, 0.4) is 0 Å². The van der Waals surface area contributed by atoms with E-state index in [1.165, 1.54) is 16.7 Å². The molecule has 0 aromatic heterocycles. The molecule has 2 bridgehead atoms. The highest BCUT2D eigenvalue weighted by molar-refractivity contribution is 5.82. The number of hydrogen-bond acceptors (Lipinski definition) is 3. The standard InChI is InChI=1S/C25H29NO3/c1-3-29-24(27)14-22-21-11-17(2)9-10-20(21)12-19-13-23(22)25(28)26(16-19)15-18-7-5-4-6-8-18/h4-11,19,22-23H,3,12-16H2,1-2H3/t19-,22-,23-/m1/s1. The van der Waals surface area contributed by atoms with Gasteiger partial charge in [-0.1, -0.05) is 54.1 Å². The van der Waals surface area contributed by atoms with E-state index in [1.807, 2.05) is 30.0 Å². The highest BCUT2D eigenvalue weighted by atomic mass is 16.5. The molecule has 1 saturated heterocycles. The first-order chi connectivity index (χ1) is 14.0. The first-order valence-corrected chi connectivity index (χ1v) is 10.6. The summed E-state index contributed by atoms with van der Waals surface area (Å²) in [4.78, 5) is 27.9. The van der Waals surface area contributed by atoms with Crippen molar-refractivity contribution in [2.24, 2.45) is 11.8 Å². The molecular weight excluding hydrogens is 362 g/mol. The number of hydrogen-bond donors (Lipinski definition) is 0. The molecule has 1 amide bonds. The molecule has 29 heavy (non-hydrogen) atoms. The van der Waals surface area contributed by atoms with Gasteiger partial charge in [-0.05, 0) is 49.3 Å². The summed E-state index contributed by atoms with van der Waals surface area (Å²) in [5.74, 6) is 0.116. The predicted molar refractivity (Wildman–Crippen MR) is 112 cm³/mol. The van der Waals surface area contributed by atoms with Crippen LogP contribution in [0.1, 0.15) is 47.9 Å². The van der Waals surface area contributed by atoms with Crippen LogP contribution >= 0.6 is 0 Å². The third kappa shape index (κ3) is 4.21. The maximum Gasteiger partial charge on any atom is 0.306 e. The number of aryl methyl sites for hydroxylation is 1. The summed E-state index contributed by atoms with van der Waals surface area (Å²) in [5.41, 5.74) is 4.77. The maximum atomic E-state index is 13.5. The Bertz CT molecular complexity index is 892. The largest absolute Gasteiger partial charge is 0.466 e. The van der Waals surface area contributed by atoms with Crippen molar-refractivity contribution in [1.82, 2.24) is 4.90 Å². The average Bonchev–Trinajstić information content (AvgIpc) is 2.82. The van der Waals surface area contributed by atoms with Crippen LogP contribution in [0.15, 0.2) is 48.5 Å². The third-order valence-electron chi connectivity index (χ3n) is 6.30. The second-order valence-electron chi connectivity index (χ2n) is 8.43. The van der Waals surface area contributed by atoms with Crippen molar-refractivity contribution in [3.63, 3.8) is 0 Å². The zero-order valence-corrected chi connectivity index (χ0v) is 17.3. The first kappa shape index (κ1) is 19.7. The minimum atomic E-state index is -0.212. The summed E-state index contributed by atoms with van der Waals surface area (Å²) in [7, 11) is 0. The molecule has 1 aliphatic carbocycles. The lowest BCUT2D eigenvalue weighted by Crippen LogP contribution is -2.46.